The molecule has 1 aromatic heterocycles. The fourth-order valence-corrected chi connectivity index (χ4v) is 5.99. The molecule has 2 saturated heterocycles. The first kappa shape index (κ1) is 31.1. The van der Waals surface area contributed by atoms with Crippen molar-refractivity contribution in [3.8, 4) is 28.3 Å². The Bertz CT molecular complexity index is 1550. The van der Waals surface area contributed by atoms with E-state index in [2.05, 4.69) is 5.32 Å². The maximum absolute atomic E-state index is 11.8. The first-order valence-electron chi connectivity index (χ1n) is 14.0. The molecular formula is C31H34BCl2N3O6. The number of nitrogens with two attached hydrogens (primary N) is 1. The Labute approximate surface area is 261 Å². The Hall–Kier alpha value is -3.31. The lowest BCUT2D eigenvalue weighted by atomic mass is 9.77. The smallest absolute Gasteiger partial charge is 0.481 e. The summed E-state index contributed by atoms with van der Waals surface area (Å²) in [5.74, 6) is 0.238. The second-order valence-electron chi connectivity index (χ2n) is 11.7. The minimum absolute atomic E-state index is 0.0976. The van der Waals surface area contributed by atoms with E-state index in [-0.39, 0.29) is 18.4 Å². The van der Waals surface area contributed by atoms with Crippen molar-refractivity contribution in [1.29, 1.82) is 0 Å². The number of primary amides is 1. The number of aromatic nitrogens is 1. The van der Waals surface area contributed by atoms with Gasteiger partial charge in [-0.15, -0.1) is 0 Å². The van der Waals surface area contributed by atoms with Crippen LogP contribution in [0, 0.1) is 0 Å². The molecule has 0 bridgehead atoms. The van der Waals surface area contributed by atoms with Crippen molar-refractivity contribution in [2.24, 2.45) is 5.73 Å². The third kappa shape index (κ3) is 6.20. The highest BCUT2D eigenvalue weighted by Crippen LogP contribution is 2.41. The van der Waals surface area contributed by atoms with Gasteiger partial charge >= 0.3 is 13.2 Å². The average molecular weight is 626 g/mol. The lowest BCUT2D eigenvalue weighted by Gasteiger charge is -2.32. The average Bonchev–Trinajstić information content (AvgIpc) is 3.47. The quantitative estimate of drug-likeness (QED) is 0.325. The number of pyridine rings is 1. The Morgan fingerprint density at radius 2 is 1.67 bits per heavy atom. The number of rotatable bonds is 8. The van der Waals surface area contributed by atoms with Crippen LogP contribution in [0.3, 0.4) is 0 Å². The van der Waals surface area contributed by atoms with Crippen molar-refractivity contribution < 1.29 is 28.4 Å². The van der Waals surface area contributed by atoms with Crippen LogP contribution in [0.15, 0.2) is 48.5 Å². The molecule has 3 N–H and O–H groups in total. The zero-order chi connectivity index (χ0) is 31.1. The highest BCUT2D eigenvalue weighted by molar-refractivity contribution is 6.66. The standard InChI is InChI=1S/C31H34BCl2N3O6/c1-30(2)31(3,4)43-32(42-30)21-11-7-9-19(27(21)34)18-8-6-10-20(26(18)33)22-13-12-17(28(37-22)40-5)16-24(41-29(35)39)23-14-15-25(38)36-23/h6-13,23-24H,14-16H2,1-5H3,(H2,35,39)(H,36,38). The van der Waals surface area contributed by atoms with Gasteiger partial charge in [0.1, 0.15) is 6.10 Å². The normalized spacial score (nSPS) is 19.7. The summed E-state index contributed by atoms with van der Waals surface area (Å²) in [4.78, 5) is 28.1. The van der Waals surface area contributed by atoms with Gasteiger partial charge in [0.25, 0.3) is 0 Å². The van der Waals surface area contributed by atoms with Crippen molar-refractivity contribution in [3.05, 3.63) is 64.1 Å². The van der Waals surface area contributed by atoms with E-state index in [1.165, 1.54) is 7.11 Å². The molecule has 2 unspecified atom stereocenters. The lowest BCUT2D eigenvalue weighted by Crippen LogP contribution is -2.42. The van der Waals surface area contributed by atoms with Crippen LogP contribution in [0.4, 0.5) is 4.79 Å². The van der Waals surface area contributed by atoms with E-state index in [1.54, 1.807) is 0 Å². The van der Waals surface area contributed by atoms with Gasteiger partial charge in [-0.25, -0.2) is 9.78 Å². The minimum atomic E-state index is -0.917. The van der Waals surface area contributed by atoms with Crippen LogP contribution < -0.4 is 21.3 Å². The monoisotopic (exact) mass is 625 g/mol. The van der Waals surface area contributed by atoms with Crippen molar-refractivity contribution in [3.63, 3.8) is 0 Å². The van der Waals surface area contributed by atoms with Crippen LogP contribution in [-0.4, -0.2) is 54.6 Å². The summed E-state index contributed by atoms with van der Waals surface area (Å²) in [7, 11) is 0.883. The van der Waals surface area contributed by atoms with Gasteiger partial charge in [-0.05, 0) is 40.2 Å². The summed E-state index contributed by atoms with van der Waals surface area (Å²) in [6.07, 6.45) is -0.448. The first-order chi connectivity index (χ1) is 20.3. The predicted molar refractivity (Wildman–Crippen MR) is 167 cm³/mol. The van der Waals surface area contributed by atoms with Crippen molar-refractivity contribution in [1.82, 2.24) is 10.3 Å². The molecule has 9 nitrogen and oxygen atoms in total. The third-order valence-electron chi connectivity index (χ3n) is 8.40. The topological polar surface area (TPSA) is 122 Å². The fraction of sp³-hybridized carbons (Fsp3) is 0.387. The molecule has 226 valence electrons. The number of nitrogens with one attached hydrogen (secondary N) is 1. The van der Waals surface area contributed by atoms with Gasteiger partial charge < -0.3 is 29.8 Å². The summed E-state index contributed by atoms with van der Waals surface area (Å²) in [6.45, 7) is 7.98. The maximum atomic E-state index is 11.8. The molecule has 2 aliphatic rings. The second-order valence-corrected chi connectivity index (χ2v) is 12.5. The molecule has 0 spiro atoms. The molecule has 0 aliphatic carbocycles. The van der Waals surface area contributed by atoms with Gasteiger partial charge in [0, 0.05) is 45.6 Å². The van der Waals surface area contributed by atoms with Crippen molar-refractivity contribution in [2.45, 2.75) is 70.3 Å². The molecule has 3 heterocycles. The number of methoxy groups -OCH3 is 1. The Balaban J connectivity index is 1.46. The number of carbonyl (C=O) groups is 2. The van der Waals surface area contributed by atoms with E-state index >= 15 is 0 Å². The molecule has 2 fully saturated rings. The van der Waals surface area contributed by atoms with Gasteiger partial charge in [0.15, 0.2) is 0 Å². The highest BCUT2D eigenvalue weighted by Gasteiger charge is 2.52. The van der Waals surface area contributed by atoms with E-state index in [9.17, 15) is 9.59 Å². The molecule has 2 amide bonds. The zero-order valence-electron chi connectivity index (χ0n) is 24.7. The first-order valence-corrected chi connectivity index (χ1v) is 14.8. The summed E-state index contributed by atoms with van der Waals surface area (Å²) < 4.78 is 23.5. The zero-order valence-corrected chi connectivity index (χ0v) is 26.2. The van der Waals surface area contributed by atoms with Crippen LogP contribution in [0.5, 0.6) is 5.88 Å². The Morgan fingerprint density at radius 1 is 1.05 bits per heavy atom. The molecule has 2 aromatic carbocycles. The van der Waals surface area contributed by atoms with E-state index < -0.39 is 30.5 Å². The van der Waals surface area contributed by atoms with Crippen molar-refractivity contribution >= 4 is 47.8 Å². The molecule has 43 heavy (non-hydrogen) atoms. The van der Waals surface area contributed by atoms with Gasteiger partial charge in [0.05, 0.1) is 35.1 Å². The van der Waals surface area contributed by atoms with Gasteiger partial charge in [0.2, 0.25) is 11.8 Å². The number of carbonyl (C=O) groups excluding carboxylic acids is 2. The molecule has 3 aromatic rings. The van der Waals surface area contributed by atoms with Crippen molar-refractivity contribution in [2.75, 3.05) is 7.11 Å². The molecule has 12 heteroatoms. The van der Waals surface area contributed by atoms with E-state index in [4.69, 9.17) is 52.7 Å². The van der Waals surface area contributed by atoms with Gasteiger partial charge in [-0.2, -0.15) is 0 Å². The molecule has 2 aliphatic heterocycles. The summed E-state index contributed by atoms with van der Waals surface area (Å²) in [5.41, 5.74) is 8.40. The van der Waals surface area contributed by atoms with Crippen LogP contribution in [0.2, 0.25) is 10.0 Å². The summed E-state index contributed by atoms with van der Waals surface area (Å²) >= 11 is 14.0. The Kier molecular flexibility index (Phi) is 8.69. The van der Waals surface area contributed by atoms with Crippen LogP contribution in [-0.2, 0) is 25.3 Å². The molecule has 2 atom stereocenters. The number of ether oxygens (including phenoxy) is 2. The molecule has 0 radical (unpaired) electrons. The van der Waals surface area contributed by atoms with Gasteiger partial charge in [-0.1, -0.05) is 65.7 Å². The number of benzene rings is 2. The van der Waals surface area contributed by atoms with E-state index in [0.717, 1.165) is 16.6 Å². The largest absolute Gasteiger partial charge is 0.496 e. The fourth-order valence-electron chi connectivity index (χ4n) is 5.35. The number of nitrogens with zero attached hydrogens (tertiary/aromatic N) is 1. The second kappa shape index (κ2) is 12.0. The maximum Gasteiger partial charge on any atom is 0.496 e. The van der Waals surface area contributed by atoms with Crippen LogP contribution in [0.25, 0.3) is 22.4 Å². The predicted octanol–water partition coefficient (Wildman–Crippen LogP) is 5.32. The van der Waals surface area contributed by atoms with E-state index in [1.807, 2.05) is 76.2 Å². The number of amides is 2. The van der Waals surface area contributed by atoms with Crippen LogP contribution in [0.1, 0.15) is 46.1 Å². The lowest BCUT2D eigenvalue weighted by molar-refractivity contribution is -0.119. The summed E-state index contributed by atoms with van der Waals surface area (Å²) in [5, 5.41) is 3.79. The third-order valence-corrected chi connectivity index (χ3v) is 9.23. The van der Waals surface area contributed by atoms with E-state index in [0.29, 0.717) is 45.6 Å². The number of halogens is 2. The van der Waals surface area contributed by atoms with Gasteiger partial charge in [-0.3, -0.25) is 4.79 Å². The number of hydrogen-bond donors (Lipinski definition) is 2. The highest BCUT2D eigenvalue weighted by atomic mass is 35.5. The molecular weight excluding hydrogens is 592 g/mol. The molecule has 0 saturated carbocycles. The Morgan fingerprint density at radius 3 is 2.28 bits per heavy atom. The summed E-state index contributed by atoms with van der Waals surface area (Å²) in [6, 6.07) is 14.6. The SMILES string of the molecule is COc1nc(-c2cccc(-c3cccc(B4OC(C)(C)C(C)(C)O4)c3Cl)c2Cl)ccc1CC(OC(N)=O)C1CCC(=O)N1. The van der Waals surface area contributed by atoms with Crippen LogP contribution >= 0.6 is 23.2 Å². The minimum Gasteiger partial charge on any atom is -0.481 e. The number of hydrogen-bond acceptors (Lipinski definition) is 7. The molecule has 5 rings (SSSR count).